The number of hydrogen-bond acceptors (Lipinski definition) is 5. The summed E-state index contributed by atoms with van der Waals surface area (Å²) in [5.74, 6) is 0.679. The first-order valence-electron chi connectivity index (χ1n) is 5.92. The zero-order valence-corrected chi connectivity index (χ0v) is 12.1. The van der Waals surface area contributed by atoms with Crippen molar-refractivity contribution in [3.05, 3.63) is 11.2 Å². The number of aromatic nitrogens is 2. The first-order chi connectivity index (χ1) is 9.17. The largest absolute Gasteiger partial charge is 0.481 e. The summed E-state index contributed by atoms with van der Waals surface area (Å²) in [6, 6.07) is 1.52. The maximum atomic E-state index is 5.84. The predicted molar refractivity (Wildman–Crippen MR) is 76.8 cm³/mol. The van der Waals surface area contributed by atoms with Gasteiger partial charge in [-0.05, 0) is 25.1 Å². The van der Waals surface area contributed by atoms with Crippen molar-refractivity contribution in [3.63, 3.8) is 0 Å². The van der Waals surface area contributed by atoms with E-state index in [-0.39, 0.29) is 11.3 Å². The molecule has 2 N–H and O–H groups in total. The third kappa shape index (κ3) is 4.45. The zero-order valence-electron chi connectivity index (χ0n) is 10.5. The number of halogens is 1. The van der Waals surface area contributed by atoms with Crippen molar-refractivity contribution in [2.75, 3.05) is 25.6 Å². The summed E-state index contributed by atoms with van der Waals surface area (Å²) in [6.45, 7) is 1.49. The van der Waals surface area contributed by atoms with Crippen molar-refractivity contribution in [2.45, 2.75) is 18.9 Å². The van der Waals surface area contributed by atoms with E-state index in [0.29, 0.717) is 23.5 Å². The molecule has 1 saturated heterocycles. The first kappa shape index (κ1) is 14.2. The van der Waals surface area contributed by atoms with Gasteiger partial charge in [0.1, 0.15) is 5.15 Å². The Morgan fingerprint density at radius 1 is 1.63 bits per heavy atom. The highest BCUT2D eigenvalue weighted by Crippen LogP contribution is 2.15. The number of nitrogens with zero attached hydrogens (tertiary/aromatic N) is 2. The molecule has 0 unspecified atom stereocenters. The van der Waals surface area contributed by atoms with Gasteiger partial charge in [-0.1, -0.05) is 11.6 Å². The van der Waals surface area contributed by atoms with Crippen LogP contribution in [0.25, 0.3) is 0 Å². The lowest BCUT2D eigenvalue weighted by molar-refractivity contribution is 0.114. The quantitative estimate of drug-likeness (QED) is 0.647. The minimum absolute atomic E-state index is 0.217. The Bertz CT molecular complexity index is 454. The predicted octanol–water partition coefficient (Wildman–Crippen LogP) is 1.60. The number of methoxy groups -OCH3 is 1. The molecule has 0 radical (unpaired) electrons. The molecular weight excluding hydrogens is 288 g/mol. The van der Waals surface area contributed by atoms with Crippen LogP contribution in [0.1, 0.15) is 12.8 Å². The Labute approximate surface area is 121 Å². The zero-order chi connectivity index (χ0) is 13.7. The molecule has 0 saturated carbocycles. The fourth-order valence-electron chi connectivity index (χ4n) is 1.72. The molecule has 2 heterocycles. The molecule has 0 bridgehead atoms. The fourth-order valence-corrected chi connectivity index (χ4v) is 2.06. The molecule has 0 aromatic carbocycles. The standard InChI is InChI=1S/C11H15ClN4O2S/c1-17-9-5-8(12)14-10(15-9)16-11(19)13-6-7-3-2-4-18-7/h5,7H,2-4,6H2,1H3,(H2,13,14,15,16,19)/t7-/m1/s1. The monoisotopic (exact) mass is 302 g/mol. The Morgan fingerprint density at radius 2 is 2.47 bits per heavy atom. The summed E-state index contributed by atoms with van der Waals surface area (Å²) in [6.07, 6.45) is 2.37. The summed E-state index contributed by atoms with van der Waals surface area (Å²) in [7, 11) is 1.51. The fraction of sp³-hybridized carbons (Fsp3) is 0.545. The van der Waals surface area contributed by atoms with Crippen molar-refractivity contribution in [3.8, 4) is 5.88 Å². The van der Waals surface area contributed by atoms with E-state index in [0.717, 1.165) is 19.4 Å². The summed E-state index contributed by atoms with van der Waals surface area (Å²) < 4.78 is 10.5. The van der Waals surface area contributed by atoms with Gasteiger partial charge < -0.3 is 20.1 Å². The molecular formula is C11H15ClN4O2S. The van der Waals surface area contributed by atoms with Crippen molar-refractivity contribution >= 4 is 34.9 Å². The van der Waals surface area contributed by atoms with Crippen LogP contribution in [0.2, 0.25) is 5.15 Å². The van der Waals surface area contributed by atoms with Gasteiger partial charge in [0, 0.05) is 19.2 Å². The molecule has 0 spiro atoms. The molecule has 1 aliphatic heterocycles. The minimum atomic E-state index is 0.217. The van der Waals surface area contributed by atoms with Crippen LogP contribution in [-0.4, -0.2) is 41.4 Å². The van der Waals surface area contributed by atoms with Gasteiger partial charge in [0.05, 0.1) is 13.2 Å². The lowest BCUT2D eigenvalue weighted by Gasteiger charge is -2.13. The molecule has 1 aromatic heterocycles. The molecule has 1 fully saturated rings. The molecule has 0 aliphatic carbocycles. The molecule has 1 aliphatic rings. The smallest absolute Gasteiger partial charge is 0.233 e. The van der Waals surface area contributed by atoms with E-state index < -0.39 is 0 Å². The molecule has 1 atom stereocenters. The Morgan fingerprint density at radius 3 is 3.16 bits per heavy atom. The van der Waals surface area contributed by atoms with Crippen LogP contribution in [0.15, 0.2) is 6.07 Å². The molecule has 2 rings (SSSR count). The average Bonchev–Trinajstić information content (AvgIpc) is 2.88. The van der Waals surface area contributed by atoms with Crippen molar-refractivity contribution in [1.82, 2.24) is 15.3 Å². The van der Waals surface area contributed by atoms with Gasteiger partial charge in [-0.2, -0.15) is 4.98 Å². The van der Waals surface area contributed by atoms with Gasteiger partial charge in [0.2, 0.25) is 11.8 Å². The van der Waals surface area contributed by atoms with Gasteiger partial charge in [-0.15, -0.1) is 0 Å². The van der Waals surface area contributed by atoms with Crippen molar-refractivity contribution < 1.29 is 9.47 Å². The maximum absolute atomic E-state index is 5.84. The van der Waals surface area contributed by atoms with E-state index in [4.69, 9.17) is 33.3 Å². The van der Waals surface area contributed by atoms with E-state index in [9.17, 15) is 0 Å². The number of hydrogen-bond donors (Lipinski definition) is 2. The molecule has 0 amide bonds. The second-order valence-corrected chi connectivity index (χ2v) is 4.82. The van der Waals surface area contributed by atoms with Gasteiger partial charge in [-0.25, -0.2) is 4.98 Å². The van der Waals surface area contributed by atoms with Gasteiger partial charge in [-0.3, -0.25) is 0 Å². The third-order valence-corrected chi connectivity index (χ3v) is 3.06. The van der Waals surface area contributed by atoms with E-state index in [2.05, 4.69) is 20.6 Å². The highest BCUT2D eigenvalue weighted by Gasteiger charge is 2.15. The Kier molecular flexibility index (Phi) is 5.12. The number of thiocarbonyl (C=S) groups is 1. The van der Waals surface area contributed by atoms with E-state index in [1.54, 1.807) is 0 Å². The highest BCUT2D eigenvalue weighted by molar-refractivity contribution is 7.80. The number of ether oxygens (including phenoxy) is 2. The maximum Gasteiger partial charge on any atom is 0.233 e. The number of anilines is 1. The Hall–Kier alpha value is -1.18. The summed E-state index contributed by atoms with van der Waals surface area (Å²) >= 11 is 11.0. The van der Waals surface area contributed by atoms with Crippen LogP contribution in [-0.2, 0) is 4.74 Å². The lowest BCUT2D eigenvalue weighted by Crippen LogP contribution is -2.35. The van der Waals surface area contributed by atoms with Crippen LogP contribution in [0.5, 0.6) is 5.88 Å². The molecule has 6 nitrogen and oxygen atoms in total. The van der Waals surface area contributed by atoms with Gasteiger partial charge >= 0.3 is 0 Å². The lowest BCUT2D eigenvalue weighted by atomic mass is 10.2. The second kappa shape index (κ2) is 6.83. The second-order valence-electron chi connectivity index (χ2n) is 4.03. The Balaban J connectivity index is 1.85. The topological polar surface area (TPSA) is 68.3 Å². The number of nitrogens with one attached hydrogen (secondary N) is 2. The van der Waals surface area contributed by atoms with Crippen LogP contribution < -0.4 is 15.4 Å². The summed E-state index contributed by atoms with van der Waals surface area (Å²) in [5.41, 5.74) is 0. The van der Waals surface area contributed by atoms with Crippen LogP contribution in [0.3, 0.4) is 0 Å². The molecule has 104 valence electrons. The average molecular weight is 303 g/mol. The molecule has 8 heteroatoms. The van der Waals surface area contributed by atoms with Crippen LogP contribution in [0.4, 0.5) is 5.95 Å². The van der Waals surface area contributed by atoms with E-state index >= 15 is 0 Å². The molecule has 1 aromatic rings. The third-order valence-electron chi connectivity index (χ3n) is 2.62. The van der Waals surface area contributed by atoms with Gasteiger partial charge in [0.25, 0.3) is 0 Å². The normalized spacial score (nSPS) is 18.1. The van der Waals surface area contributed by atoms with Gasteiger partial charge in [0.15, 0.2) is 5.11 Å². The number of rotatable bonds is 4. The van der Waals surface area contributed by atoms with Crippen LogP contribution >= 0.6 is 23.8 Å². The van der Waals surface area contributed by atoms with E-state index in [1.807, 2.05) is 0 Å². The minimum Gasteiger partial charge on any atom is -0.481 e. The summed E-state index contributed by atoms with van der Waals surface area (Å²) in [4.78, 5) is 8.09. The van der Waals surface area contributed by atoms with Crippen LogP contribution in [0, 0.1) is 0 Å². The van der Waals surface area contributed by atoms with E-state index in [1.165, 1.54) is 13.2 Å². The van der Waals surface area contributed by atoms with Crippen molar-refractivity contribution in [2.24, 2.45) is 0 Å². The first-order valence-corrected chi connectivity index (χ1v) is 6.71. The molecule has 19 heavy (non-hydrogen) atoms. The SMILES string of the molecule is COc1cc(Cl)nc(NC(=S)NC[C@H]2CCCO2)n1. The highest BCUT2D eigenvalue weighted by atomic mass is 35.5. The van der Waals surface area contributed by atoms with Crippen molar-refractivity contribution in [1.29, 1.82) is 0 Å². The summed E-state index contributed by atoms with van der Waals surface area (Å²) in [5, 5.41) is 6.64.